The van der Waals surface area contributed by atoms with E-state index in [0.717, 1.165) is 0 Å². The van der Waals surface area contributed by atoms with Crippen LogP contribution in [0.25, 0.3) is 0 Å². The quantitative estimate of drug-likeness (QED) is 0.390. The predicted molar refractivity (Wildman–Crippen MR) is 43.8 cm³/mol. The molecule has 1 heterocycles. The molecule has 0 spiro atoms. The minimum absolute atomic E-state index is 0.0625. The van der Waals surface area contributed by atoms with Gasteiger partial charge in [-0.05, 0) is 0 Å². The Balaban J connectivity index is 3.03. The highest BCUT2D eigenvalue weighted by atomic mass is 32.2. The molecule has 0 aliphatic carbocycles. The van der Waals surface area contributed by atoms with Crippen molar-refractivity contribution < 1.29 is 22.7 Å². The molecule has 3 N–H and O–H groups in total. The van der Waals surface area contributed by atoms with Crippen LogP contribution in [0, 0.1) is 0 Å². The minimum Gasteiger partial charge on any atom is -0.486 e. The summed E-state index contributed by atoms with van der Waals surface area (Å²) >= 11 is 0.535. The summed E-state index contributed by atoms with van der Waals surface area (Å²) < 4.78 is 41.5. The largest absolute Gasteiger partial charge is 0.486 e. The summed E-state index contributed by atoms with van der Waals surface area (Å²) in [6.45, 7) is 0.0625. The van der Waals surface area contributed by atoms with Crippen LogP contribution < -0.4 is 11.3 Å². The van der Waals surface area contributed by atoms with Crippen molar-refractivity contribution in [2.45, 2.75) is 6.18 Å². The SMILES string of the molecule is NNC(=O)C1=C(C(F)(F)F)SCCO1. The van der Waals surface area contributed by atoms with Crippen molar-refractivity contribution >= 4 is 17.7 Å². The highest BCUT2D eigenvalue weighted by Crippen LogP contribution is 2.39. The van der Waals surface area contributed by atoms with Crippen LogP contribution in [0.4, 0.5) is 13.2 Å². The lowest BCUT2D eigenvalue weighted by Crippen LogP contribution is -2.35. The van der Waals surface area contributed by atoms with Gasteiger partial charge in [0, 0.05) is 5.75 Å². The topological polar surface area (TPSA) is 64.3 Å². The number of allylic oxidation sites excluding steroid dienone is 1. The van der Waals surface area contributed by atoms with E-state index in [1.807, 2.05) is 0 Å². The summed E-state index contributed by atoms with van der Waals surface area (Å²) in [5.74, 6) is 3.06. The predicted octanol–water partition coefficient (Wildman–Crippen LogP) is 0.514. The average molecular weight is 228 g/mol. The molecule has 0 aromatic heterocycles. The van der Waals surface area contributed by atoms with E-state index in [-0.39, 0.29) is 12.4 Å². The Hall–Kier alpha value is -0.890. The van der Waals surface area contributed by atoms with Crippen molar-refractivity contribution in [2.24, 2.45) is 5.84 Å². The van der Waals surface area contributed by atoms with Gasteiger partial charge in [0.05, 0.1) is 6.61 Å². The van der Waals surface area contributed by atoms with Gasteiger partial charge in [-0.15, -0.1) is 11.8 Å². The van der Waals surface area contributed by atoms with Crippen molar-refractivity contribution in [2.75, 3.05) is 12.4 Å². The van der Waals surface area contributed by atoms with Gasteiger partial charge in [-0.3, -0.25) is 10.2 Å². The second-order valence-corrected chi connectivity index (χ2v) is 3.43. The van der Waals surface area contributed by atoms with E-state index in [0.29, 0.717) is 11.8 Å². The van der Waals surface area contributed by atoms with Crippen molar-refractivity contribution in [1.82, 2.24) is 5.43 Å². The van der Waals surface area contributed by atoms with Crippen molar-refractivity contribution in [3.8, 4) is 0 Å². The molecule has 0 saturated heterocycles. The molecule has 1 rings (SSSR count). The summed E-state index contributed by atoms with van der Waals surface area (Å²) in [5, 5.41) is 0. The second-order valence-electron chi connectivity index (χ2n) is 2.33. The summed E-state index contributed by atoms with van der Waals surface area (Å²) in [5.41, 5.74) is 1.60. The molecule has 0 unspecified atom stereocenters. The molecule has 0 aromatic carbocycles. The van der Waals surface area contributed by atoms with Crippen LogP contribution in [-0.2, 0) is 9.53 Å². The Bertz CT molecular complexity index is 277. The number of nitrogens with one attached hydrogen (secondary N) is 1. The Kier molecular flexibility index (Phi) is 3.27. The molecule has 80 valence electrons. The minimum atomic E-state index is -4.58. The van der Waals surface area contributed by atoms with Gasteiger partial charge in [-0.25, -0.2) is 5.84 Å². The molecular weight excluding hydrogens is 221 g/mol. The zero-order valence-corrected chi connectivity index (χ0v) is 7.67. The summed E-state index contributed by atoms with van der Waals surface area (Å²) in [7, 11) is 0. The van der Waals surface area contributed by atoms with Crippen molar-refractivity contribution in [3.63, 3.8) is 0 Å². The van der Waals surface area contributed by atoms with E-state index in [1.165, 1.54) is 0 Å². The number of carbonyl (C=O) groups excluding carboxylic acids is 1. The first-order valence-corrected chi connectivity index (χ1v) is 4.53. The zero-order valence-electron chi connectivity index (χ0n) is 6.85. The molecule has 8 heteroatoms. The summed E-state index contributed by atoms with van der Waals surface area (Å²) in [6, 6.07) is 0. The molecule has 1 aliphatic heterocycles. The number of nitrogens with two attached hydrogens (primary N) is 1. The molecule has 14 heavy (non-hydrogen) atoms. The summed E-state index contributed by atoms with van der Waals surface area (Å²) in [6.07, 6.45) is -4.58. The number of ether oxygens (including phenoxy) is 1. The standard InChI is InChI=1S/C6H7F3N2O2S/c7-6(8,9)4-3(5(12)11-10)13-1-2-14-4/h1-2,10H2,(H,11,12). The van der Waals surface area contributed by atoms with Crippen molar-refractivity contribution in [1.29, 1.82) is 0 Å². The van der Waals surface area contributed by atoms with Crippen LogP contribution in [0.1, 0.15) is 0 Å². The van der Waals surface area contributed by atoms with Crippen LogP contribution in [0.5, 0.6) is 0 Å². The third-order valence-electron chi connectivity index (χ3n) is 1.38. The Morgan fingerprint density at radius 1 is 1.57 bits per heavy atom. The molecule has 0 bridgehead atoms. The first-order chi connectivity index (χ1) is 6.46. The van der Waals surface area contributed by atoms with Crippen molar-refractivity contribution in [3.05, 3.63) is 10.7 Å². The fourth-order valence-corrected chi connectivity index (χ4v) is 1.68. The number of halogens is 3. The number of thioether (sulfide) groups is 1. The first-order valence-electron chi connectivity index (χ1n) is 3.55. The van der Waals surface area contributed by atoms with Gasteiger partial charge in [0.15, 0.2) is 0 Å². The molecule has 4 nitrogen and oxygen atoms in total. The van der Waals surface area contributed by atoms with E-state index in [2.05, 4.69) is 4.74 Å². The fourth-order valence-electron chi connectivity index (χ4n) is 0.863. The Labute approximate surface area is 81.6 Å². The Morgan fingerprint density at radius 2 is 2.21 bits per heavy atom. The number of carbonyl (C=O) groups is 1. The van der Waals surface area contributed by atoms with E-state index in [1.54, 1.807) is 5.43 Å². The zero-order chi connectivity index (χ0) is 10.8. The molecular formula is C6H7F3N2O2S. The number of hydrogen-bond acceptors (Lipinski definition) is 4. The van der Waals surface area contributed by atoms with Gasteiger partial charge in [0.2, 0.25) is 5.76 Å². The normalized spacial score (nSPS) is 17.7. The molecule has 0 radical (unpaired) electrons. The van der Waals surface area contributed by atoms with Gasteiger partial charge >= 0.3 is 12.1 Å². The maximum Gasteiger partial charge on any atom is 0.426 e. The average Bonchev–Trinajstić information content (AvgIpc) is 2.15. The smallest absolute Gasteiger partial charge is 0.426 e. The number of amides is 1. The molecule has 0 saturated carbocycles. The number of hydrogen-bond donors (Lipinski definition) is 2. The van der Waals surface area contributed by atoms with Gasteiger partial charge in [-0.2, -0.15) is 13.2 Å². The first kappa shape index (κ1) is 11.2. The molecule has 1 aliphatic rings. The van der Waals surface area contributed by atoms with E-state index < -0.39 is 22.7 Å². The van der Waals surface area contributed by atoms with Crippen LogP contribution in [-0.4, -0.2) is 24.4 Å². The van der Waals surface area contributed by atoms with Crippen LogP contribution in [0.15, 0.2) is 10.7 Å². The summed E-state index contributed by atoms with van der Waals surface area (Å²) in [4.78, 5) is 9.86. The molecule has 0 aromatic rings. The molecule has 0 atom stereocenters. The lowest BCUT2D eigenvalue weighted by Gasteiger charge is -2.20. The highest BCUT2D eigenvalue weighted by molar-refractivity contribution is 8.03. The Morgan fingerprint density at radius 3 is 2.71 bits per heavy atom. The van der Waals surface area contributed by atoms with Crippen LogP contribution in [0.2, 0.25) is 0 Å². The van der Waals surface area contributed by atoms with Gasteiger partial charge in [0.1, 0.15) is 4.91 Å². The van der Waals surface area contributed by atoms with Gasteiger partial charge in [-0.1, -0.05) is 0 Å². The third kappa shape index (κ3) is 2.32. The molecule has 0 fully saturated rings. The van der Waals surface area contributed by atoms with Crippen LogP contribution in [0.3, 0.4) is 0 Å². The lowest BCUT2D eigenvalue weighted by atomic mass is 10.4. The van der Waals surface area contributed by atoms with E-state index in [4.69, 9.17) is 5.84 Å². The highest BCUT2D eigenvalue weighted by Gasteiger charge is 2.41. The number of hydrazine groups is 1. The maximum absolute atomic E-state index is 12.3. The van der Waals surface area contributed by atoms with E-state index in [9.17, 15) is 18.0 Å². The van der Waals surface area contributed by atoms with Gasteiger partial charge in [0.25, 0.3) is 0 Å². The maximum atomic E-state index is 12.3. The van der Waals surface area contributed by atoms with Crippen LogP contribution >= 0.6 is 11.8 Å². The second kappa shape index (κ2) is 4.09. The molecule has 1 amide bonds. The number of alkyl halides is 3. The fraction of sp³-hybridized carbons (Fsp3) is 0.500. The number of rotatable bonds is 1. The lowest BCUT2D eigenvalue weighted by molar-refractivity contribution is -0.123. The van der Waals surface area contributed by atoms with Gasteiger partial charge < -0.3 is 4.74 Å². The third-order valence-corrected chi connectivity index (χ3v) is 2.45. The monoisotopic (exact) mass is 228 g/mol. The van der Waals surface area contributed by atoms with E-state index >= 15 is 0 Å².